The van der Waals surface area contributed by atoms with Gasteiger partial charge >= 0.3 is 6.09 Å². The van der Waals surface area contributed by atoms with E-state index in [0.29, 0.717) is 5.92 Å². The highest BCUT2D eigenvalue weighted by Gasteiger charge is 2.39. The van der Waals surface area contributed by atoms with Gasteiger partial charge in [0.1, 0.15) is 0 Å². The Hall–Kier alpha value is -1.71. The Morgan fingerprint density at radius 1 is 1.43 bits per heavy atom. The van der Waals surface area contributed by atoms with Crippen LogP contribution >= 0.6 is 0 Å². The Kier molecular flexibility index (Phi) is 2.04. The molecule has 0 radical (unpaired) electrons. The van der Waals surface area contributed by atoms with Gasteiger partial charge in [-0.3, -0.25) is 0 Å². The molecule has 0 bridgehead atoms. The highest BCUT2D eigenvalue weighted by Crippen LogP contribution is 2.40. The van der Waals surface area contributed by atoms with E-state index in [1.165, 1.54) is 0 Å². The summed E-state index contributed by atoms with van der Waals surface area (Å²) in [5.41, 5.74) is 7.44. The summed E-state index contributed by atoms with van der Waals surface area (Å²) in [7, 11) is 0. The largest absolute Gasteiger partial charge is 0.465 e. The van der Waals surface area contributed by atoms with Crippen LogP contribution in [0, 0.1) is 0 Å². The first-order valence-corrected chi connectivity index (χ1v) is 4.51. The van der Waals surface area contributed by atoms with Crippen molar-refractivity contribution >= 4 is 11.8 Å². The molecule has 0 aromatic heterocycles. The first kappa shape index (κ1) is 8.87. The molecule has 14 heavy (non-hydrogen) atoms. The molecule has 1 aromatic carbocycles. The third kappa shape index (κ3) is 1.79. The number of carboxylic acid groups (broad SMARTS) is 1. The molecule has 1 aromatic rings. The van der Waals surface area contributed by atoms with Crippen LogP contribution in [0.2, 0.25) is 0 Å². The van der Waals surface area contributed by atoms with E-state index >= 15 is 0 Å². The Labute approximate surface area is 81.7 Å². The highest BCUT2D eigenvalue weighted by molar-refractivity contribution is 5.66. The number of carbonyl (C=O) groups is 1. The summed E-state index contributed by atoms with van der Waals surface area (Å²) in [4.78, 5) is 10.3. The van der Waals surface area contributed by atoms with Crippen molar-refractivity contribution in [2.45, 2.75) is 18.4 Å². The van der Waals surface area contributed by atoms with Gasteiger partial charge in [-0.05, 0) is 24.1 Å². The smallest absolute Gasteiger partial charge is 0.404 e. The van der Waals surface area contributed by atoms with Crippen LogP contribution in [0.25, 0.3) is 0 Å². The Balaban J connectivity index is 1.99. The predicted octanol–water partition coefficient (Wildman–Crippen LogP) is 1.39. The topological polar surface area (TPSA) is 75.3 Å². The fourth-order valence-electron chi connectivity index (χ4n) is 1.62. The number of nitrogens with two attached hydrogens (primary N) is 1. The third-order valence-electron chi connectivity index (χ3n) is 2.46. The molecule has 1 amide bonds. The Morgan fingerprint density at radius 2 is 2.07 bits per heavy atom. The summed E-state index contributed by atoms with van der Waals surface area (Å²) in [6, 6.07) is 7.65. The average molecular weight is 192 g/mol. The second-order valence-electron chi connectivity index (χ2n) is 3.56. The zero-order valence-corrected chi connectivity index (χ0v) is 7.60. The molecule has 1 aliphatic carbocycles. The Morgan fingerprint density at radius 3 is 2.64 bits per heavy atom. The summed E-state index contributed by atoms with van der Waals surface area (Å²) in [6.45, 7) is 0. The lowest BCUT2D eigenvalue weighted by molar-refractivity contribution is 0.193. The van der Waals surface area contributed by atoms with Gasteiger partial charge in [-0.1, -0.05) is 12.1 Å². The standard InChI is InChI=1S/C10H12N2O2/c11-7-3-1-6(2-4-7)8-5-9(8)12-10(13)14/h1-4,8-9,12H,5,11H2,(H,13,14). The molecule has 0 saturated heterocycles. The van der Waals surface area contributed by atoms with Crippen molar-refractivity contribution in [1.82, 2.24) is 5.32 Å². The van der Waals surface area contributed by atoms with Crippen molar-refractivity contribution in [2.24, 2.45) is 0 Å². The molecule has 0 spiro atoms. The molecule has 2 atom stereocenters. The van der Waals surface area contributed by atoms with Crippen molar-refractivity contribution < 1.29 is 9.90 Å². The molecule has 0 aliphatic heterocycles. The molecular formula is C10H12N2O2. The molecule has 2 unspecified atom stereocenters. The highest BCUT2D eigenvalue weighted by atomic mass is 16.4. The van der Waals surface area contributed by atoms with Gasteiger partial charge in [0, 0.05) is 17.6 Å². The van der Waals surface area contributed by atoms with Crippen LogP contribution < -0.4 is 11.1 Å². The Bertz CT molecular complexity index is 348. The van der Waals surface area contributed by atoms with Crippen LogP contribution in [-0.4, -0.2) is 17.2 Å². The van der Waals surface area contributed by atoms with Gasteiger partial charge in [-0.2, -0.15) is 0 Å². The number of amides is 1. The molecule has 1 saturated carbocycles. The summed E-state index contributed by atoms with van der Waals surface area (Å²) in [5, 5.41) is 11.0. The number of hydrogen-bond donors (Lipinski definition) is 3. The minimum atomic E-state index is -0.951. The van der Waals surface area contributed by atoms with E-state index in [1.807, 2.05) is 24.3 Å². The van der Waals surface area contributed by atoms with Crippen LogP contribution in [0.1, 0.15) is 17.9 Å². The molecule has 4 heteroatoms. The van der Waals surface area contributed by atoms with Crippen molar-refractivity contribution in [1.29, 1.82) is 0 Å². The molecule has 4 N–H and O–H groups in total. The maximum atomic E-state index is 10.3. The van der Waals surface area contributed by atoms with Crippen LogP contribution in [0.5, 0.6) is 0 Å². The maximum Gasteiger partial charge on any atom is 0.404 e. The van der Waals surface area contributed by atoms with Crippen molar-refractivity contribution in [3.8, 4) is 0 Å². The minimum absolute atomic E-state index is 0.0797. The zero-order chi connectivity index (χ0) is 10.1. The number of benzene rings is 1. The minimum Gasteiger partial charge on any atom is -0.465 e. The number of nitrogens with one attached hydrogen (secondary N) is 1. The van der Waals surface area contributed by atoms with Gasteiger partial charge in [-0.15, -0.1) is 0 Å². The number of anilines is 1. The van der Waals surface area contributed by atoms with Crippen LogP contribution in [0.15, 0.2) is 24.3 Å². The van der Waals surface area contributed by atoms with E-state index in [9.17, 15) is 4.79 Å². The molecular weight excluding hydrogens is 180 g/mol. The summed E-state index contributed by atoms with van der Waals surface area (Å²) >= 11 is 0. The second-order valence-corrected chi connectivity index (χ2v) is 3.56. The molecule has 74 valence electrons. The fourth-order valence-corrected chi connectivity index (χ4v) is 1.62. The van der Waals surface area contributed by atoms with Crippen LogP contribution in [-0.2, 0) is 0 Å². The van der Waals surface area contributed by atoms with Crippen molar-refractivity contribution in [2.75, 3.05) is 5.73 Å². The van der Waals surface area contributed by atoms with Gasteiger partial charge in [0.25, 0.3) is 0 Å². The number of nitrogen functional groups attached to an aromatic ring is 1. The second kappa shape index (κ2) is 3.21. The van der Waals surface area contributed by atoms with Gasteiger partial charge in [-0.25, -0.2) is 4.79 Å². The fraction of sp³-hybridized carbons (Fsp3) is 0.300. The van der Waals surface area contributed by atoms with Crippen LogP contribution in [0.3, 0.4) is 0 Å². The predicted molar refractivity (Wildman–Crippen MR) is 53.2 cm³/mol. The van der Waals surface area contributed by atoms with Crippen molar-refractivity contribution in [3.63, 3.8) is 0 Å². The third-order valence-corrected chi connectivity index (χ3v) is 2.46. The van der Waals surface area contributed by atoms with Gasteiger partial charge in [0.05, 0.1) is 0 Å². The molecule has 1 fully saturated rings. The lowest BCUT2D eigenvalue weighted by atomic mass is 10.1. The van der Waals surface area contributed by atoms with Crippen LogP contribution in [0.4, 0.5) is 10.5 Å². The molecule has 2 rings (SSSR count). The molecule has 1 aliphatic rings. The normalized spacial score (nSPS) is 24.3. The van der Waals surface area contributed by atoms with E-state index in [0.717, 1.165) is 17.7 Å². The average Bonchev–Trinajstić information content (AvgIpc) is 2.84. The van der Waals surface area contributed by atoms with Gasteiger partial charge in [0.2, 0.25) is 0 Å². The SMILES string of the molecule is Nc1ccc(C2CC2NC(=O)O)cc1. The van der Waals surface area contributed by atoms with E-state index in [-0.39, 0.29) is 6.04 Å². The van der Waals surface area contributed by atoms with E-state index < -0.39 is 6.09 Å². The first-order valence-electron chi connectivity index (χ1n) is 4.51. The summed E-state index contributed by atoms with van der Waals surface area (Å²) < 4.78 is 0. The summed E-state index contributed by atoms with van der Waals surface area (Å²) in [6.07, 6.45) is -0.0658. The maximum absolute atomic E-state index is 10.3. The molecule has 4 nitrogen and oxygen atoms in total. The lowest BCUT2D eigenvalue weighted by Gasteiger charge is -2.01. The zero-order valence-electron chi connectivity index (χ0n) is 7.60. The van der Waals surface area contributed by atoms with E-state index in [1.54, 1.807) is 0 Å². The first-order chi connectivity index (χ1) is 6.66. The van der Waals surface area contributed by atoms with Gasteiger partial charge < -0.3 is 16.2 Å². The van der Waals surface area contributed by atoms with Crippen molar-refractivity contribution in [3.05, 3.63) is 29.8 Å². The number of rotatable bonds is 2. The number of hydrogen-bond acceptors (Lipinski definition) is 2. The monoisotopic (exact) mass is 192 g/mol. The van der Waals surface area contributed by atoms with Gasteiger partial charge in [0.15, 0.2) is 0 Å². The van der Waals surface area contributed by atoms with E-state index in [2.05, 4.69) is 5.32 Å². The van der Waals surface area contributed by atoms with E-state index in [4.69, 9.17) is 10.8 Å². The quantitative estimate of drug-likeness (QED) is 0.620. The summed E-state index contributed by atoms with van der Waals surface area (Å²) in [5.74, 6) is 0.326. The lowest BCUT2D eigenvalue weighted by Crippen LogP contribution is -2.24. The molecule has 0 heterocycles.